The molecule has 3 rings (SSSR count). The highest BCUT2D eigenvalue weighted by atomic mass is 16.4. The molecule has 2 N–H and O–H groups in total. The first kappa shape index (κ1) is 25.2. The van der Waals surface area contributed by atoms with Gasteiger partial charge in [0.15, 0.2) is 5.43 Å². The lowest BCUT2D eigenvalue weighted by atomic mass is 10.1. The number of hydrogen-bond donors (Lipinski definition) is 2. The lowest BCUT2D eigenvalue weighted by molar-refractivity contribution is -0.137. The number of fused-ring (bicyclic) bond motifs is 1. The average Bonchev–Trinajstić information content (AvgIpc) is 2.82. The Morgan fingerprint density at radius 3 is 2.18 bits per heavy atom. The minimum atomic E-state index is -0.716. The zero-order valence-electron chi connectivity index (χ0n) is 19.8. The van der Waals surface area contributed by atoms with Gasteiger partial charge in [0.05, 0.1) is 5.39 Å². The molecule has 1 heterocycles. The average molecular weight is 464 g/mol. The second-order valence-corrected chi connectivity index (χ2v) is 8.78. The van der Waals surface area contributed by atoms with Crippen LogP contribution in [0.2, 0.25) is 0 Å². The van der Waals surface area contributed by atoms with E-state index in [2.05, 4.69) is 5.32 Å². The minimum absolute atomic E-state index is 0.0834. The van der Waals surface area contributed by atoms with Gasteiger partial charge in [0.2, 0.25) is 0 Å². The molecular weight excluding hydrogens is 430 g/mol. The lowest BCUT2D eigenvalue weighted by Gasteiger charge is -2.07. The van der Waals surface area contributed by atoms with Crippen molar-refractivity contribution in [1.82, 2.24) is 5.32 Å². The molecule has 0 bridgehead atoms. The number of unbranched alkanes of at least 4 members (excludes halogenated alkanes) is 7. The van der Waals surface area contributed by atoms with E-state index in [1.165, 1.54) is 6.07 Å². The van der Waals surface area contributed by atoms with Crippen molar-refractivity contribution in [3.05, 3.63) is 69.9 Å². The van der Waals surface area contributed by atoms with Gasteiger partial charge in [0.1, 0.15) is 11.3 Å². The minimum Gasteiger partial charge on any atom is -0.481 e. The molecule has 1 aromatic heterocycles. The number of aryl methyl sites for hydroxylation is 1. The first-order valence-corrected chi connectivity index (χ1v) is 12.1. The zero-order valence-corrected chi connectivity index (χ0v) is 19.8. The van der Waals surface area contributed by atoms with Crippen LogP contribution in [0.5, 0.6) is 0 Å². The molecule has 0 atom stereocenters. The monoisotopic (exact) mass is 463 g/mol. The third-order valence-corrected chi connectivity index (χ3v) is 5.92. The summed E-state index contributed by atoms with van der Waals surface area (Å²) in [6.07, 6.45) is 8.50. The van der Waals surface area contributed by atoms with Crippen LogP contribution in [0.3, 0.4) is 0 Å². The normalized spacial score (nSPS) is 11.0. The van der Waals surface area contributed by atoms with Gasteiger partial charge in [-0.15, -0.1) is 0 Å². The van der Waals surface area contributed by atoms with Gasteiger partial charge >= 0.3 is 5.97 Å². The van der Waals surface area contributed by atoms with Gasteiger partial charge in [-0.2, -0.15) is 0 Å². The highest BCUT2D eigenvalue weighted by Gasteiger charge is 2.09. The third kappa shape index (κ3) is 7.58. The fourth-order valence-electron chi connectivity index (χ4n) is 3.96. The molecule has 0 saturated heterocycles. The summed E-state index contributed by atoms with van der Waals surface area (Å²) in [5.41, 5.74) is 2.80. The molecule has 34 heavy (non-hydrogen) atoms. The molecule has 0 saturated carbocycles. The summed E-state index contributed by atoms with van der Waals surface area (Å²) >= 11 is 0. The molecule has 6 nitrogen and oxygen atoms in total. The Hall–Kier alpha value is -3.41. The van der Waals surface area contributed by atoms with Gasteiger partial charge in [-0.1, -0.05) is 62.3 Å². The highest BCUT2D eigenvalue weighted by Crippen LogP contribution is 2.23. The van der Waals surface area contributed by atoms with Crippen LogP contribution in [0.1, 0.15) is 73.7 Å². The van der Waals surface area contributed by atoms with E-state index < -0.39 is 5.97 Å². The Morgan fingerprint density at radius 2 is 1.50 bits per heavy atom. The van der Waals surface area contributed by atoms with Crippen molar-refractivity contribution < 1.29 is 19.1 Å². The smallest absolute Gasteiger partial charge is 0.303 e. The van der Waals surface area contributed by atoms with E-state index in [0.29, 0.717) is 28.8 Å². The Labute approximate surface area is 200 Å². The van der Waals surface area contributed by atoms with Crippen molar-refractivity contribution in [2.75, 3.05) is 6.54 Å². The molecule has 180 valence electrons. The first-order chi connectivity index (χ1) is 16.4. The van der Waals surface area contributed by atoms with E-state index in [-0.39, 0.29) is 17.8 Å². The maximum Gasteiger partial charge on any atom is 0.303 e. The summed E-state index contributed by atoms with van der Waals surface area (Å²) in [7, 11) is 0. The number of nitrogens with one attached hydrogen (secondary N) is 1. The molecule has 0 radical (unpaired) electrons. The second-order valence-electron chi connectivity index (χ2n) is 8.78. The van der Waals surface area contributed by atoms with Crippen molar-refractivity contribution in [2.24, 2.45) is 0 Å². The zero-order chi connectivity index (χ0) is 24.3. The molecule has 1 amide bonds. The number of rotatable bonds is 13. The molecule has 0 aliphatic carbocycles. The van der Waals surface area contributed by atoms with Crippen LogP contribution in [0.4, 0.5) is 0 Å². The molecule has 0 aliphatic rings. The van der Waals surface area contributed by atoms with E-state index in [9.17, 15) is 14.4 Å². The summed E-state index contributed by atoms with van der Waals surface area (Å²) in [6.45, 7) is 2.57. The van der Waals surface area contributed by atoms with Crippen LogP contribution in [0, 0.1) is 6.92 Å². The Balaban J connectivity index is 1.39. The number of hydrogen-bond acceptors (Lipinski definition) is 4. The van der Waals surface area contributed by atoms with Crippen LogP contribution >= 0.6 is 0 Å². The highest BCUT2D eigenvalue weighted by molar-refractivity contribution is 5.94. The lowest BCUT2D eigenvalue weighted by Crippen LogP contribution is -2.24. The molecule has 3 aromatic rings. The van der Waals surface area contributed by atoms with Crippen LogP contribution in [-0.4, -0.2) is 23.5 Å². The van der Waals surface area contributed by atoms with Crippen LogP contribution < -0.4 is 10.7 Å². The summed E-state index contributed by atoms with van der Waals surface area (Å²) in [6, 6.07) is 14.1. The van der Waals surface area contributed by atoms with E-state index in [1.807, 2.05) is 19.1 Å². The fraction of sp³-hybridized carbons (Fsp3) is 0.393. The van der Waals surface area contributed by atoms with E-state index in [4.69, 9.17) is 9.52 Å². The summed E-state index contributed by atoms with van der Waals surface area (Å²) < 4.78 is 5.91. The van der Waals surface area contributed by atoms with Gasteiger partial charge in [0.25, 0.3) is 5.91 Å². The maximum atomic E-state index is 12.5. The molecule has 0 fully saturated rings. The number of carboxylic acids is 1. The molecule has 0 spiro atoms. The maximum absolute atomic E-state index is 12.5. The summed E-state index contributed by atoms with van der Waals surface area (Å²) in [5, 5.41) is 12.1. The molecule has 0 unspecified atom stereocenters. The predicted molar refractivity (Wildman–Crippen MR) is 134 cm³/mol. The van der Waals surface area contributed by atoms with Crippen molar-refractivity contribution in [2.45, 2.75) is 64.7 Å². The van der Waals surface area contributed by atoms with Crippen LogP contribution in [0.15, 0.2) is 57.7 Å². The van der Waals surface area contributed by atoms with Crippen LogP contribution in [0.25, 0.3) is 22.3 Å². The van der Waals surface area contributed by atoms with Crippen molar-refractivity contribution in [3.8, 4) is 11.3 Å². The number of carbonyl (C=O) groups excluding carboxylic acids is 1. The fourth-order valence-corrected chi connectivity index (χ4v) is 3.96. The van der Waals surface area contributed by atoms with Gasteiger partial charge < -0.3 is 14.8 Å². The number of aliphatic carboxylic acids is 1. The van der Waals surface area contributed by atoms with Crippen molar-refractivity contribution in [1.29, 1.82) is 0 Å². The SMILES string of the molecule is Cc1ccc2oc(-c3ccc(C(=O)NCCCCCCCCCCC(=O)O)cc3)cc(=O)c2c1. The first-order valence-electron chi connectivity index (χ1n) is 12.1. The quantitative estimate of drug-likeness (QED) is 0.299. The number of carboxylic acid groups (broad SMARTS) is 1. The summed E-state index contributed by atoms with van der Waals surface area (Å²) in [5.74, 6) is -0.345. The van der Waals surface area contributed by atoms with Crippen LogP contribution in [-0.2, 0) is 4.79 Å². The Morgan fingerprint density at radius 1 is 0.853 bits per heavy atom. The molecule has 6 heteroatoms. The van der Waals surface area contributed by atoms with Gasteiger partial charge in [-0.3, -0.25) is 14.4 Å². The van der Waals surface area contributed by atoms with E-state index in [1.54, 1.807) is 30.3 Å². The Bertz CT molecular complexity index is 1160. The number of amides is 1. The van der Waals surface area contributed by atoms with Gasteiger partial charge in [-0.25, -0.2) is 0 Å². The Kier molecular flexibility index (Phi) is 9.44. The van der Waals surface area contributed by atoms with E-state index in [0.717, 1.165) is 62.5 Å². The topological polar surface area (TPSA) is 96.6 Å². The largest absolute Gasteiger partial charge is 0.481 e. The third-order valence-electron chi connectivity index (χ3n) is 5.92. The van der Waals surface area contributed by atoms with Crippen molar-refractivity contribution >= 4 is 22.8 Å². The molecular formula is C28H33NO5. The number of benzene rings is 2. The number of carbonyl (C=O) groups is 2. The molecule has 0 aliphatic heterocycles. The second kappa shape index (κ2) is 12.7. The molecule has 2 aromatic carbocycles. The van der Waals surface area contributed by atoms with Gasteiger partial charge in [-0.05, 0) is 44.0 Å². The predicted octanol–water partition coefficient (Wildman–Crippen LogP) is 6.09. The standard InChI is InChI=1S/C28H33NO5/c1-20-11-16-25-23(18-20)24(30)19-26(34-25)21-12-14-22(15-13-21)28(33)29-17-9-7-5-3-2-4-6-8-10-27(31)32/h11-16,18-19H,2-10,17H2,1H3,(H,29,33)(H,31,32). The van der Waals surface area contributed by atoms with Gasteiger partial charge in [0, 0.05) is 30.2 Å². The van der Waals surface area contributed by atoms with E-state index >= 15 is 0 Å². The summed E-state index contributed by atoms with van der Waals surface area (Å²) in [4.78, 5) is 35.3. The van der Waals surface area contributed by atoms with Crippen molar-refractivity contribution in [3.63, 3.8) is 0 Å².